The number of nitrogens with zero attached hydrogens (tertiary/aromatic N) is 2. The van der Waals surface area contributed by atoms with Gasteiger partial charge in [-0.3, -0.25) is 14.5 Å². The number of amides is 1. The number of hydrogen-bond donors (Lipinski definition) is 1. The van der Waals surface area contributed by atoms with Gasteiger partial charge in [-0.25, -0.2) is 0 Å². The molecular formula is C29H25ClN2O6. The number of methoxy groups -OCH3 is 2. The van der Waals surface area contributed by atoms with E-state index in [1.54, 1.807) is 48.5 Å². The van der Waals surface area contributed by atoms with Gasteiger partial charge in [0.25, 0.3) is 11.7 Å². The van der Waals surface area contributed by atoms with Gasteiger partial charge in [0, 0.05) is 11.8 Å². The second-order valence-electron chi connectivity index (χ2n) is 8.43. The molecule has 3 aromatic carbocycles. The first kappa shape index (κ1) is 26.6. The lowest BCUT2D eigenvalue weighted by atomic mass is 9.94. The molecule has 0 spiro atoms. The number of hydrogen-bond acceptors (Lipinski definition) is 7. The highest BCUT2D eigenvalue weighted by atomic mass is 35.5. The Labute approximate surface area is 225 Å². The maximum absolute atomic E-state index is 13.5. The highest BCUT2D eigenvalue weighted by Crippen LogP contribution is 2.45. The van der Waals surface area contributed by atoms with Crippen molar-refractivity contribution < 1.29 is 28.9 Å². The minimum atomic E-state index is -0.977. The normalized spacial score (nSPS) is 16.3. The number of Topliss-reactive ketones (excluding diaryl/α,β-unsaturated/α-hetero) is 1. The van der Waals surface area contributed by atoms with Crippen molar-refractivity contribution in [3.05, 3.63) is 87.9 Å². The van der Waals surface area contributed by atoms with Crippen molar-refractivity contribution in [3.63, 3.8) is 0 Å². The van der Waals surface area contributed by atoms with Gasteiger partial charge in [-0.2, -0.15) is 5.26 Å². The molecule has 1 fully saturated rings. The molecule has 0 aromatic heterocycles. The van der Waals surface area contributed by atoms with Crippen LogP contribution in [0.1, 0.15) is 36.1 Å². The Morgan fingerprint density at radius 3 is 2.26 bits per heavy atom. The van der Waals surface area contributed by atoms with Crippen molar-refractivity contribution in [2.24, 2.45) is 0 Å². The van der Waals surface area contributed by atoms with E-state index in [-0.39, 0.29) is 27.7 Å². The van der Waals surface area contributed by atoms with E-state index in [2.05, 4.69) is 0 Å². The molecule has 8 nitrogen and oxygen atoms in total. The van der Waals surface area contributed by atoms with Crippen LogP contribution in [-0.4, -0.2) is 37.6 Å². The van der Waals surface area contributed by atoms with Gasteiger partial charge in [0.15, 0.2) is 0 Å². The van der Waals surface area contributed by atoms with Gasteiger partial charge >= 0.3 is 0 Å². The molecule has 1 amide bonds. The standard InChI is InChI=1S/C29H25ClN2O6/c1-4-13-38-20-11-7-18(8-12-20)26-25(27(33)21-14-24(37-3)22(30)15-23(21)36-2)28(34)29(35)32(26)19-9-5-17(16-31)6-10-19/h5-12,14-15,26,33H,4,13H2,1-3H3/b27-25+. The van der Waals surface area contributed by atoms with E-state index in [4.69, 9.17) is 25.8 Å². The molecule has 1 heterocycles. The molecule has 0 aliphatic carbocycles. The van der Waals surface area contributed by atoms with Crippen molar-refractivity contribution in [2.45, 2.75) is 19.4 Å². The van der Waals surface area contributed by atoms with E-state index in [1.165, 1.54) is 31.3 Å². The zero-order chi connectivity index (χ0) is 27.4. The summed E-state index contributed by atoms with van der Waals surface area (Å²) in [6, 6.07) is 17.2. The fraction of sp³-hybridized carbons (Fsp3) is 0.207. The smallest absolute Gasteiger partial charge is 0.300 e. The number of ketones is 1. The molecule has 4 rings (SSSR count). The first-order valence-corrected chi connectivity index (χ1v) is 12.2. The summed E-state index contributed by atoms with van der Waals surface area (Å²) in [6.07, 6.45) is 0.840. The molecule has 1 atom stereocenters. The Kier molecular flexibility index (Phi) is 7.89. The van der Waals surface area contributed by atoms with Crippen LogP contribution in [0.4, 0.5) is 5.69 Å². The van der Waals surface area contributed by atoms with Crippen LogP contribution in [0, 0.1) is 11.3 Å². The summed E-state index contributed by atoms with van der Waals surface area (Å²) >= 11 is 6.23. The lowest BCUT2D eigenvalue weighted by Crippen LogP contribution is -2.29. The molecule has 1 aliphatic rings. The van der Waals surface area contributed by atoms with Crippen LogP contribution in [0.3, 0.4) is 0 Å². The molecule has 194 valence electrons. The molecule has 1 N–H and O–H groups in total. The van der Waals surface area contributed by atoms with E-state index < -0.39 is 23.5 Å². The summed E-state index contributed by atoms with van der Waals surface area (Å²) in [5.74, 6) is -1.06. The number of carbonyl (C=O) groups excluding carboxylic acids is 2. The SMILES string of the molecule is CCCOc1ccc(C2/C(=C(\O)c3cc(OC)c(Cl)cc3OC)C(=O)C(=O)N2c2ccc(C#N)cc2)cc1. The van der Waals surface area contributed by atoms with Crippen LogP contribution in [0.2, 0.25) is 5.02 Å². The van der Waals surface area contributed by atoms with Crippen molar-refractivity contribution in [1.29, 1.82) is 5.26 Å². The second kappa shape index (κ2) is 11.3. The largest absolute Gasteiger partial charge is 0.507 e. The maximum Gasteiger partial charge on any atom is 0.300 e. The molecular weight excluding hydrogens is 508 g/mol. The molecule has 1 unspecified atom stereocenters. The van der Waals surface area contributed by atoms with Crippen molar-refractivity contribution in [3.8, 4) is 23.3 Å². The third-order valence-corrected chi connectivity index (χ3v) is 6.41. The number of halogens is 1. The Bertz CT molecular complexity index is 1440. The highest BCUT2D eigenvalue weighted by Gasteiger charge is 2.47. The monoisotopic (exact) mass is 532 g/mol. The summed E-state index contributed by atoms with van der Waals surface area (Å²) in [5, 5.41) is 21.0. The lowest BCUT2D eigenvalue weighted by molar-refractivity contribution is -0.132. The third-order valence-electron chi connectivity index (χ3n) is 6.12. The quantitative estimate of drug-likeness (QED) is 0.227. The predicted octanol–water partition coefficient (Wildman–Crippen LogP) is 5.64. The molecule has 0 radical (unpaired) electrons. The van der Waals surface area contributed by atoms with Gasteiger partial charge in [-0.15, -0.1) is 0 Å². The summed E-state index contributed by atoms with van der Waals surface area (Å²) in [6.45, 7) is 2.54. The van der Waals surface area contributed by atoms with Gasteiger partial charge in [0.1, 0.15) is 23.0 Å². The van der Waals surface area contributed by atoms with Crippen molar-refractivity contribution >= 4 is 34.7 Å². The van der Waals surface area contributed by atoms with E-state index in [0.717, 1.165) is 6.42 Å². The van der Waals surface area contributed by atoms with Crippen LogP contribution >= 0.6 is 11.6 Å². The van der Waals surface area contributed by atoms with E-state index in [0.29, 0.717) is 29.2 Å². The Balaban J connectivity index is 1.93. The minimum Gasteiger partial charge on any atom is -0.507 e. The second-order valence-corrected chi connectivity index (χ2v) is 8.84. The van der Waals surface area contributed by atoms with E-state index >= 15 is 0 Å². The number of benzene rings is 3. The summed E-state index contributed by atoms with van der Waals surface area (Å²) in [5.41, 5.74) is 1.36. The molecule has 38 heavy (non-hydrogen) atoms. The van der Waals surface area contributed by atoms with Crippen LogP contribution in [-0.2, 0) is 9.59 Å². The number of rotatable bonds is 8. The highest BCUT2D eigenvalue weighted by molar-refractivity contribution is 6.51. The lowest BCUT2D eigenvalue weighted by Gasteiger charge is -2.26. The average molecular weight is 533 g/mol. The predicted molar refractivity (Wildman–Crippen MR) is 143 cm³/mol. The number of anilines is 1. The Hall–Kier alpha value is -4.48. The molecule has 1 saturated heterocycles. The average Bonchev–Trinajstić information content (AvgIpc) is 3.21. The summed E-state index contributed by atoms with van der Waals surface area (Å²) < 4.78 is 16.4. The van der Waals surface area contributed by atoms with Gasteiger partial charge in [-0.05, 0) is 54.4 Å². The first-order valence-electron chi connectivity index (χ1n) is 11.8. The summed E-state index contributed by atoms with van der Waals surface area (Å²) in [4.78, 5) is 28.2. The number of nitriles is 1. The van der Waals surface area contributed by atoms with Crippen LogP contribution in [0.15, 0.2) is 66.2 Å². The molecule has 3 aromatic rings. The third kappa shape index (κ3) is 4.89. The molecule has 9 heteroatoms. The Morgan fingerprint density at radius 2 is 1.68 bits per heavy atom. The van der Waals surface area contributed by atoms with Crippen molar-refractivity contribution in [2.75, 3.05) is 25.7 Å². The maximum atomic E-state index is 13.5. The number of carbonyl (C=O) groups is 2. The number of aliphatic hydroxyl groups is 1. The van der Waals surface area contributed by atoms with Crippen LogP contribution < -0.4 is 19.1 Å². The summed E-state index contributed by atoms with van der Waals surface area (Å²) in [7, 11) is 2.82. The van der Waals surface area contributed by atoms with Gasteiger partial charge in [-0.1, -0.05) is 30.7 Å². The fourth-order valence-electron chi connectivity index (χ4n) is 4.27. The van der Waals surface area contributed by atoms with Crippen molar-refractivity contribution in [1.82, 2.24) is 0 Å². The van der Waals surface area contributed by atoms with Crippen LogP contribution in [0.25, 0.3) is 5.76 Å². The van der Waals surface area contributed by atoms with Gasteiger partial charge in [0.05, 0.1) is 54.7 Å². The molecule has 0 saturated carbocycles. The molecule has 0 bridgehead atoms. The molecule has 1 aliphatic heterocycles. The topological polar surface area (TPSA) is 109 Å². The van der Waals surface area contributed by atoms with E-state index in [9.17, 15) is 20.0 Å². The number of ether oxygens (including phenoxy) is 3. The van der Waals surface area contributed by atoms with Gasteiger partial charge in [0.2, 0.25) is 0 Å². The number of aliphatic hydroxyl groups excluding tert-OH is 1. The fourth-order valence-corrected chi connectivity index (χ4v) is 4.50. The Morgan fingerprint density at radius 1 is 1.03 bits per heavy atom. The minimum absolute atomic E-state index is 0.135. The van der Waals surface area contributed by atoms with Gasteiger partial charge < -0.3 is 19.3 Å². The first-order chi connectivity index (χ1) is 18.3. The van der Waals surface area contributed by atoms with E-state index in [1.807, 2.05) is 13.0 Å². The zero-order valence-electron chi connectivity index (χ0n) is 21.0. The zero-order valence-corrected chi connectivity index (χ0v) is 21.8. The van der Waals surface area contributed by atoms with Crippen LogP contribution in [0.5, 0.6) is 17.2 Å².